The lowest BCUT2D eigenvalue weighted by Gasteiger charge is -2.43. The van der Waals surface area contributed by atoms with Crippen molar-refractivity contribution >= 4 is 28.9 Å². The Bertz CT molecular complexity index is 1620. The van der Waals surface area contributed by atoms with E-state index in [1.807, 2.05) is 74.7 Å². The van der Waals surface area contributed by atoms with E-state index in [2.05, 4.69) is 15.3 Å². The van der Waals surface area contributed by atoms with Gasteiger partial charge in [-0.3, -0.25) is 9.79 Å². The molecule has 2 aliphatic heterocycles. The number of aromatic nitrogens is 1. The van der Waals surface area contributed by atoms with Crippen LogP contribution in [-0.4, -0.2) is 43.2 Å². The molecule has 0 saturated carbocycles. The molecule has 2 aromatic carbocycles. The first-order chi connectivity index (χ1) is 18.9. The number of nitrogens with one attached hydrogen (secondary N) is 2. The number of methoxy groups -OCH3 is 1. The Morgan fingerprint density at radius 3 is 2.77 bits per heavy atom. The number of aromatic amines is 1. The summed E-state index contributed by atoms with van der Waals surface area (Å²) in [6.07, 6.45) is 6.51. The fourth-order valence-electron chi connectivity index (χ4n) is 6.48. The summed E-state index contributed by atoms with van der Waals surface area (Å²) in [5, 5.41) is 4.43. The molecule has 7 nitrogen and oxygen atoms in total. The Labute approximate surface area is 227 Å². The van der Waals surface area contributed by atoms with Crippen molar-refractivity contribution in [2.75, 3.05) is 20.3 Å². The van der Waals surface area contributed by atoms with Gasteiger partial charge in [-0.2, -0.15) is 0 Å². The summed E-state index contributed by atoms with van der Waals surface area (Å²) in [5.74, 6) is 0.305. The van der Waals surface area contributed by atoms with Crippen molar-refractivity contribution in [1.29, 1.82) is 0 Å². The molecule has 0 radical (unpaired) electrons. The van der Waals surface area contributed by atoms with Crippen LogP contribution in [0.4, 0.5) is 0 Å². The van der Waals surface area contributed by atoms with Gasteiger partial charge in [-0.25, -0.2) is 4.79 Å². The van der Waals surface area contributed by atoms with Crippen molar-refractivity contribution in [3.63, 3.8) is 0 Å². The van der Waals surface area contributed by atoms with E-state index in [0.29, 0.717) is 36.2 Å². The number of aliphatic imine (C=N–C) groups is 1. The highest BCUT2D eigenvalue weighted by Crippen LogP contribution is 2.51. The Balaban J connectivity index is 1.48. The first-order valence-electron chi connectivity index (χ1n) is 13.2. The monoisotopic (exact) mass is 521 g/mol. The molecular formula is C32H31N3O4. The Morgan fingerprint density at radius 2 is 1.97 bits per heavy atom. The van der Waals surface area contributed by atoms with Gasteiger partial charge < -0.3 is 19.8 Å². The van der Waals surface area contributed by atoms with Crippen molar-refractivity contribution in [1.82, 2.24) is 10.3 Å². The number of esters is 1. The minimum Gasteiger partial charge on any atom is -0.496 e. The maximum atomic E-state index is 14.2. The van der Waals surface area contributed by atoms with Gasteiger partial charge in [0.2, 0.25) is 0 Å². The van der Waals surface area contributed by atoms with Crippen LogP contribution >= 0.6 is 0 Å². The second-order valence-corrected chi connectivity index (χ2v) is 10.5. The lowest BCUT2D eigenvalue weighted by molar-refractivity contribution is -0.138. The van der Waals surface area contributed by atoms with E-state index in [1.54, 1.807) is 13.3 Å². The number of nitrogens with zero attached hydrogens (tertiary/aromatic N) is 1. The van der Waals surface area contributed by atoms with E-state index < -0.39 is 11.4 Å². The highest BCUT2D eigenvalue weighted by molar-refractivity contribution is 6.07. The van der Waals surface area contributed by atoms with Gasteiger partial charge in [-0.15, -0.1) is 0 Å². The number of dihydropyridines is 1. The van der Waals surface area contributed by atoms with Gasteiger partial charge in [0.05, 0.1) is 24.6 Å². The van der Waals surface area contributed by atoms with Gasteiger partial charge >= 0.3 is 5.97 Å². The van der Waals surface area contributed by atoms with Crippen molar-refractivity contribution < 1.29 is 19.1 Å². The number of allylic oxidation sites excluding steroid dienone is 3. The zero-order valence-electron chi connectivity index (χ0n) is 22.3. The van der Waals surface area contributed by atoms with E-state index in [1.165, 1.54) is 0 Å². The fraction of sp³-hybridized carbons (Fsp3) is 0.281. The minimum absolute atomic E-state index is 0.0122. The summed E-state index contributed by atoms with van der Waals surface area (Å²) in [6.45, 7) is 4.62. The van der Waals surface area contributed by atoms with E-state index in [9.17, 15) is 9.59 Å². The molecule has 3 heterocycles. The molecule has 198 valence electrons. The van der Waals surface area contributed by atoms with Crippen LogP contribution in [0.3, 0.4) is 0 Å². The smallest absolute Gasteiger partial charge is 0.337 e. The van der Waals surface area contributed by atoms with Crippen LogP contribution in [-0.2, 0) is 19.7 Å². The summed E-state index contributed by atoms with van der Waals surface area (Å²) in [5.41, 5.74) is 5.33. The first-order valence-corrected chi connectivity index (χ1v) is 13.2. The molecular weight excluding hydrogens is 490 g/mol. The standard InChI is InChI=1S/C32H31N3O4/c1-19-29(31(37)39-18-20-11-13-33-17-20)32(2,24-8-6-9-25-23(24)12-14-34-25)30-26(35-19)15-21(16-27(30)36)22-7-4-5-10-28(22)38-3/h4-12,14,17,21,34-35H,13,15-16,18H2,1-3H3/t21-,32+/m1/s1. The topological polar surface area (TPSA) is 92.8 Å². The number of hydrogen-bond acceptors (Lipinski definition) is 6. The zero-order valence-corrected chi connectivity index (χ0v) is 22.3. The maximum Gasteiger partial charge on any atom is 0.337 e. The highest BCUT2D eigenvalue weighted by atomic mass is 16.5. The second kappa shape index (κ2) is 9.73. The van der Waals surface area contributed by atoms with Crippen LogP contribution in [0, 0.1) is 0 Å². The molecule has 1 aliphatic carbocycles. The molecule has 6 rings (SSSR count). The van der Waals surface area contributed by atoms with Gasteiger partial charge in [0.25, 0.3) is 0 Å². The number of carbonyl (C=O) groups is 2. The number of para-hydroxylation sites is 1. The van der Waals surface area contributed by atoms with E-state index in [4.69, 9.17) is 9.47 Å². The third kappa shape index (κ3) is 4.09. The highest BCUT2D eigenvalue weighted by Gasteiger charge is 2.50. The molecule has 3 aromatic rings. The number of H-pyrrole nitrogens is 1. The number of Topliss-reactive ketones (excluding diaryl/α,β-unsaturated/α-hetero) is 1. The van der Waals surface area contributed by atoms with Gasteiger partial charge in [0.1, 0.15) is 12.4 Å². The molecule has 1 aromatic heterocycles. The van der Waals surface area contributed by atoms with E-state index in [-0.39, 0.29) is 18.3 Å². The van der Waals surface area contributed by atoms with Gasteiger partial charge in [-0.05, 0) is 49.6 Å². The molecule has 39 heavy (non-hydrogen) atoms. The average molecular weight is 522 g/mol. The lowest BCUT2D eigenvalue weighted by Crippen LogP contribution is -2.45. The molecule has 0 bridgehead atoms. The number of benzene rings is 2. The number of fused-ring (bicyclic) bond motifs is 1. The van der Waals surface area contributed by atoms with Gasteiger partial charge in [0.15, 0.2) is 5.78 Å². The molecule has 0 unspecified atom stereocenters. The number of rotatable bonds is 6. The average Bonchev–Trinajstić information content (AvgIpc) is 3.63. The molecule has 0 fully saturated rings. The van der Waals surface area contributed by atoms with Crippen LogP contribution < -0.4 is 10.1 Å². The van der Waals surface area contributed by atoms with Crippen LogP contribution in [0.5, 0.6) is 5.75 Å². The summed E-state index contributed by atoms with van der Waals surface area (Å²) in [6, 6.07) is 15.8. The second-order valence-electron chi connectivity index (χ2n) is 10.5. The minimum atomic E-state index is -1.01. The molecule has 0 saturated heterocycles. The number of ketones is 1. The largest absolute Gasteiger partial charge is 0.496 e. The molecule has 0 amide bonds. The van der Waals surface area contributed by atoms with Crippen LogP contribution in [0.15, 0.2) is 93.9 Å². The number of carbonyl (C=O) groups excluding carboxylic acids is 2. The summed E-state index contributed by atoms with van der Waals surface area (Å²) in [4.78, 5) is 35.5. The number of hydrogen-bond donors (Lipinski definition) is 2. The van der Waals surface area contributed by atoms with Crippen molar-refractivity contribution in [3.8, 4) is 5.75 Å². The quantitative estimate of drug-likeness (QED) is 0.432. The molecule has 2 N–H and O–H groups in total. The zero-order chi connectivity index (χ0) is 27.1. The SMILES string of the molecule is COc1ccccc1[C@H]1CC(=O)C2=C(C1)NC(C)=C(C(=O)OCC1=CCN=C1)[C@]2(C)c1cccc2[nH]ccc12. The Morgan fingerprint density at radius 1 is 1.13 bits per heavy atom. The summed E-state index contributed by atoms with van der Waals surface area (Å²) < 4.78 is 11.5. The Kier molecular flexibility index (Phi) is 6.22. The number of ether oxygens (including phenoxy) is 2. The first kappa shape index (κ1) is 24.9. The van der Waals surface area contributed by atoms with E-state index >= 15 is 0 Å². The third-order valence-electron chi connectivity index (χ3n) is 8.18. The van der Waals surface area contributed by atoms with Crippen LogP contribution in [0.2, 0.25) is 0 Å². The summed E-state index contributed by atoms with van der Waals surface area (Å²) in [7, 11) is 1.65. The van der Waals surface area contributed by atoms with Crippen LogP contribution in [0.25, 0.3) is 10.9 Å². The maximum absolute atomic E-state index is 14.2. The normalized spacial score (nSPS) is 22.6. The van der Waals surface area contributed by atoms with Crippen molar-refractivity contribution in [2.45, 2.75) is 38.0 Å². The van der Waals surface area contributed by atoms with Gasteiger partial charge in [0, 0.05) is 58.2 Å². The van der Waals surface area contributed by atoms with E-state index in [0.717, 1.165) is 39.0 Å². The van der Waals surface area contributed by atoms with Crippen molar-refractivity contribution in [2.24, 2.45) is 4.99 Å². The van der Waals surface area contributed by atoms with Crippen LogP contribution in [0.1, 0.15) is 43.7 Å². The third-order valence-corrected chi connectivity index (χ3v) is 8.18. The Hall–Kier alpha value is -4.39. The molecule has 7 heteroatoms. The molecule has 2 atom stereocenters. The fourth-order valence-corrected chi connectivity index (χ4v) is 6.48. The summed E-state index contributed by atoms with van der Waals surface area (Å²) >= 11 is 0. The predicted octanol–water partition coefficient (Wildman–Crippen LogP) is 5.27. The lowest BCUT2D eigenvalue weighted by atomic mass is 9.62. The molecule has 0 spiro atoms. The predicted molar refractivity (Wildman–Crippen MR) is 151 cm³/mol. The van der Waals surface area contributed by atoms with Gasteiger partial charge in [-0.1, -0.05) is 36.4 Å². The molecule has 3 aliphatic rings. The van der Waals surface area contributed by atoms with Crippen molar-refractivity contribution in [3.05, 3.63) is 100 Å².